The molecule has 0 spiro atoms. The summed E-state index contributed by atoms with van der Waals surface area (Å²) >= 11 is 6.31. The van der Waals surface area contributed by atoms with E-state index in [0.29, 0.717) is 22.5 Å². The van der Waals surface area contributed by atoms with Crippen molar-refractivity contribution in [2.75, 3.05) is 14.2 Å². The van der Waals surface area contributed by atoms with Gasteiger partial charge < -0.3 is 9.47 Å². The number of aromatic nitrogens is 2. The fraction of sp³-hybridized carbons (Fsp3) is 0.375. The molecule has 0 N–H and O–H groups in total. The van der Waals surface area contributed by atoms with Crippen LogP contribution in [0.25, 0.3) is 11.4 Å². The van der Waals surface area contributed by atoms with Crippen molar-refractivity contribution in [2.45, 2.75) is 26.7 Å². The molecule has 0 bridgehead atoms. The highest BCUT2D eigenvalue weighted by Crippen LogP contribution is 2.31. The van der Waals surface area contributed by atoms with E-state index in [2.05, 4.69) is 23.8 Å². The van der Waals surface area contributed by atoms with Gasteiger partial charge in [-0.1, -0.05) is 25.4 Å². The van der Waals surface area contributed by atoms with E-state index in [1.165, 1.54) is 0 Å². The van der Waals surface area contributed by atoms with Crippen LogP contribution < -0.4 is 9.47 Å². The number of hydrogen-bond acceptors (Lipinski definition) is 4. The van der Waals surface area contributed by atoms with Crippen LogP contribution in [0.2, 0.25) is 5.15 Å². The Labute approximate surface area is 130 Å². The van der Waals surface area contributed by atoms with Crippen LogP contribution in [0.4, 0.5) is 0 Å². The summed E-state index contributed by atoms with van der Waals surface area (Å²) in [5.41, 5.74) is 2.68. The van der Waals surface area contributed by atoms with Gasteiger partial charge >= 0.3 is 0 Å². The van der Waals surface area contributed by atoms with Crippen molar-refractivity contribution >= 4 is 11.6 Å². The van der Waals surface area contributed by atoms with Gasteiger partial charge in [0.25, 0.3) is 0 Å². The summed E-state index contributed by atoms with van der Waals surface area (Å²) in [4.78, 5) is 8.99. The number of nitrogens with zero attached hydrogens (tertiary/aromatic N) is 2. The minimum atomic E-state index is 0.284. The van der Waals surface area contributed by atoms with E-state index in [1.54, 1.807) is 20.3 Å². The molecule has 1 aromatic heterocycles. The van der Waals surface area contributed by atoms with Crippen molar-refractivity contribution in [3.05, 3.63) is 34.6 Å². The largest absolute Gasteiger partial charge is 0.497 e. The highest BCUT2D eigenvalue weighted by Gasteiger charge is 2.15. The summed E-state index contributed by atoms with van der Waals surface area (Å²) in [6.07, 6.45) is 0. The van der Waals surface area contributed by atoms with Crippen molar-refractivity contribution in [3.63, 3.8) is 0 Å². The first-order valence-electron chi connectivity index (χ1n) is 6.73. The van der Waals surface area contributed by atoms with Crippen molar-refractivity contribution in [1.29, 1.82) is 0 Å². The zero-order valence-corrected chi connectivity index (χ0v) is 13.7. The van der Waals surface area contributed by atoms with Gasteiger partial charge in [0.2, 0.25) is 0 Å². The van der Waals surface area contributed by atoms with Gasteiger partial charge in [0.1, 0.15) is 16.7 Å². The zero-order chi connectivity index (χ0) is 15.6. The van der Waals surface area contributed by atoms with Crippen molar-refractivity contribution in [2.24, 2.45) is 0 Å². The summed E-state index contributed by atoms with van der Waals surface area (Å²) in [6.45, 7) is 6.10. The van der Waals surface area contributed by atoms with E-state index < -0.39 is 0 Å². The first-order chi connectivity index (χ1) is 9.96. The molecule has 21 heavy (non-hydrogen) atoms. The van der Waals surface area contributed by atoms with Gasteiger partial charge in [0.05, 0.1) is 14.2 Å². The lowest BCUT2D eigenvalue weighted by Crippen LogP contribution is -2.02. The maximum Gasteiger partial charge on any atom is 0.161 e. The molecule has 1 heterocycles. The Morgan fingerprint density at radius 1 is 1.00 bits per heavy atom. The Morgan fingerprint density at radius 2 is 1.57 bits per heavy atom. The second-order valence-corrected chi connectivity index (χ2v) is 5.45. The van der Waals surface area contributed by atoms with Gasteiger partial charge in [-0.15, -0.1) is 0 Å². The molecular formula is C16H19ClN2O2. The first-order valence-corrected chi connectivity index (χ1v) is 7.11. The van der Waals surface area contributed by atoms with Crippen LogP contribution in [0.1, 0.15) is 31.0 Å². The Balaban J connectivity index is 2.57. The Kier molecular flexibility index (Phi) is 4.68. The van der Waals surface area contributed by atoms with Crippen LogP contribution >= 0.6 is 11.6 Å². The van der Waals surface area contributed by atoms with Crippen molar-refractivity contribution in [3.8, 4) is 22.9 Å². The zero-order valence-electron chi connectivity index (χ0n) is 12.9. The lowest BCUT2D eigenvalue weighted by molar-refractivity contribution is 0.394. The summed E-state index contributed by atoms with van der Waals surface area (Å²) in [5, 5.41) is 0.495. The smallest absolute Gasteiger partial charge is 0.161 e. The molecule has 0 saturated carbocycles. The molecule has 2 aromatic rings. The standard InChI is InChI=1S/C16H19ClN2O2/c1-9(2)14-10(3)18-16(19-15(14)17)11-6-12(20-4)8-13(7-11)21-5/h6-9H,1-5H3. The van der Waals surface area contributed by atoms with Crippen LogP contribution in [-0.2, 0) is 0 Å². The maximum absolute atomic E-state index is 6.31. The fourth-order valence-corrected chi connectivity index (χ4v) is 2.70. The average Bonchev–Trinajstić information content (AvgIpc) is 2.45. The SMILES string of the molecule is COc1cc(OC)cc(-c2nc(C)c(C(C)C)c(Cl)n2)c1. The molecule has 0 aliphatic heterocycles. The topological polar surface area (TPSA) is 44.2 Å². The number of methoxy groups -OCH3 is 2. The number of benzene rings is 1. The molecule has 112 valence electrons. The molecule has 0 saturated heterocycles. The van der Waals surface area contributed by atoms with Gasteiger partial charge in [-0.2, -0.15) is 0 Å². The number of hydrogen-bond donors (Lipinski definition) is 0. The number of aryl methyl sites for hydroxylation is 1. The lowest BCUT2D eigenvalue weighted by atomic mass is 10.0. The molecule has 0 aliphatic rings. The van der Waals surface area contributed by atoms with Crippen LogP contribution in [0.5, 0.6) is 11.5 Å². The molecule has 0 amide bonds. The molecule has 4 nitrogen and oxygen atoms in total. The van der Waals surface area contributed by atoms with E-state index in [-0.39, 0.29) is 5.92 Å². The van der Waals surface area contributed by atoms with Gasteiger partial charge in [0, 0.05) is 22.9 Å². The second-order valence-electron chi connectivity index (χ2n) is 5.09. The number of rotatable bonds is 4. The summed E-state index contributed by atoms with van der Waals surface area (Å²) in [5.74, 6) is 2.23. The number of ether oxygens (including phenoxy) is 2. The highest BCUT2D eigenvalue weighted by atomic mass is 35.5. The molecule has 0 unspecified atom stereocenters. The van der Waals surface area contributed by atoms with Crippen LogP contribution in [0.15, 0.2) is 18.2 Å². The second kappa shape index (κ2) is 6.31. The lowest BCUT2D eigenvalue weighted by Gasteiger charge is -2.13. The minimum Gasteiger partial charge on any atom is -0.497 e. The molecule has 0 atom stereocenters. The normalized spacial score (nSPS) is 10.8. The summed E-state index contributed by atoms with van der Waals surface area (Å²) < 4.78 is 10.5. The van der Waals surface area contributed by atoms with E-state index in [4.69, 9.17) is 21.1 Å². The maximum atomic E-state index is 6.31. The van der Waals surface area contributed by atoms with Crippen LogP contribution in [0.3, 0.4) is 0 Å². The molecule has 0 fully saturated rings. The average molecular weight is 307 g/mol. The third-order valence-corrected chi connectivity index (χ3v) is 3.56. The van der Waals surface area contributed by atoms with Crippen molar-refractivity contribution in [1.82, 2.24) is 9.97 Å². The Morgan fingerprint density at radius 3 is 2.00 bits per heavy atom. The summed E-state index contributed by atoms with van der Waals surface area (Å²) in [7, 11) is 3.22. The molecule has 0 aliphatic carbocycles. The van der Waals surface area contributed by atoms with Gasteiger partial charge in [-0.05, 0) is 25.0 Å². The van der Waals surface area contributed by atoms with Crippen LogP contribution in [0, 0.1) is 6.92 Å². The quantitative estimate of drug-likeness (QED) is 0.792. The van der Waals surface area contributed by atoms with Gasteiger partial charge in [-0.25, -0.2) is 9.97 Å². The summed E-state index contributed by atoms with van der Waals surface area (Å²) in [6, 6.07) is 5.53. The predicted molar refractivity (Wildman–Crippen MR) is 84.4 cm³/mol. The Bertz CT molecular complexity index is 611. The fourth-order valence-electron chi connectivity index (χ4n) is 2.27. The Hall–Kier alpha value is -1.81. The highest BCUT2D eigenvalue weighted by molar-refractivity contribution is 6.30. The van der Waals surface area contributed by atoms with Gasteiger partial charge in [0.15, 0.2) is 5.82 Å². The van der Waals surface area contributed by atoms with E-state index in [9.17, 15) is 0 Å². The van der Waals surface area contributed by atoms with Crippen molar-refractivity contribution < 1.29 is 9.47 Å². The first kappa shape index (κ1) is 15.6. The molecular weight excluding hydrogens is 288 g/mol. The number of halogens is 1. The molecule has 5 heteroatoms. The molecule has 2 rings (SSSR count). The molecule has 0 radical (unpaired) electrons. The van der Waals surface area contributed by atoms with E-state index in [1.807, 2.05) is 19.1 Å². The predicted octanol–water partition coefficient (Wildman–Crippen LogP) is 4.25. The minimum absolute atomic E-state index is 0.284. The van der Waals surface area contributed by atoms with Crippen LogP contribution in [-0.4, -0.2) is 24.2 Å². The van der Waals surface area contributed by atoms with E-state index >= 15 is 0 Å². The van der Waals surface area contributed by atoms with Gasteiger partial charge in [-0.3, -0.25) is 0 Å². The molecule has 1 aromatic carbocycles. The van der Waals surface area contributed by atoms with E-state index in [0.717, 1.165) is 16.8 Å². The monoisotopic (exact) mass is 306 g/mol. The third-order valence-electron chi connectivity index (χ3n) is 3.28. The third kappa shape index (κ3) is 3.27.